The van der Waals surface area contributed by atoms with Crippen molar-refractivity contribution in [3.63, 3.8) is 0 Å². The summed E-state index contributed by atoms with van der Waals surface area (Å²) in [6.45, 7) is 6.05. The molecule has 0 aliphatic carbocycles. The molecule has 1 rings (SSSR count). The fourth-order valence-corrected chi connectivity index (χ4v) is 1.14. The number of rotatable bonds is 6. The van der Waals surface area contributed by atoms with Gasteiger partial charge in [0.1, 0.15) is 6.04 Å². The third kappa shape index (κ3) is 4.78. The smallest absolute Gasteiger partial charge is 0.320 e. The van der Waals surface area contributed by atoms with Gasteiger partial charge in [-0.05, 0) is 20.8 Å². The standard InChI is InChI=1S/C11H18N4O2/c1-7(2)15-11-13-5-9(6-14-11)4-12-8(3)10(16)17/h5-8,12H,4H2,1-3H3,(H,16,17)(H,13,14,15). The summed E-state index contributed by atoms with van der Waals surface area (Å²) in [6.07, 6.45) is 3.36. The van der Waals surface area contributed by atoms with Gasteiger partial charge in [-0.2, -0.15) is 0 Å². The van der Waals surface area contributed by atoms with Crippen molar-refractivity contribution in [1.82, 2.24) is 15.3 Å². The summed E-state index contributed by atoms with van der Waals surface area (Å²) in [5.74, 6) is -0.293. The van der Waals surface area contributed by atoms with Crippen LogP contribution in [0.1, 0.15) is 26.3 Å². The van der Waals surface area contributed by atoms with Crippen molar-refractivity contribution in [3.8, 4) is 0 Å². The maximum absolute atomic E-state index is 10.6. The zero-order valence-corrected chi connectivity index (χ0v) is 10.3. The summed E-state index contributed by atoms with van der Waals surface area (Å²) in [5, 5.41) is 14.6. The molecule has 0 radical (unpaired) electrons. The Kier molecular flexibility index (Phi) is 4.84. The predicted octanol–water partition coefficient (Wildman–Crippen LogP) is 0.860. The van der Waals surface area contributed by atoms with Crippen molar-refractivity contribution in [2.45, 2.75) is 39.4 Å². The lowest BCUT2D eigenvalue weighted by atomic mass is 10.3. The van der Waals surface area contributed by atoms with E-state index in [1.807, 2.05) is 13.8 Å². The molecule has 3 N–H and O–H groups in total. The Balaban J connectivity index is 2.48. The third-order valence-corrected chi connectivity index (χ3v) is 2.11. The van der Waals surface area contributed by atoms with Crippen molar-refractivity contribution in [1.29, 1.82) is 0 Å². The largest absolute Gasteiger partial charge is 0.480 e. The monoisotopic (exact) mass is 238 g/mol. The molecule has 0 fully saturated rings. The first-order valence-electron chi connectivity index (χ1n) is 5.52. The van der Waals surface area contributed by atoms with E-state index in [9.17, 15) is 4.79 Å². The van der Waals surface area contributed by atoms with Gasteiger partial charge in [0.05, 0.1) is 0 Å². The van der Waals surface area contributed by atoms with Crippen LogP contribution < -0.4 is 10.6 Å². The lowest BCUT2D eigenvalue weighted by Crippen LogP contribution is -2.33. The summed E-state index contributed by atoms with van der Waals surface area (Å²) in [5.41, 5.74) is 0.854. The van der Waals surface area contributed by atoms with E-state index in [1.54, 1.807) is 19.3 Å². The van der Waals surface area contributed by atoms with E-state index in [2.05, 4.69) is 20.6 Å². The molecule has 6 heteroatoms. The van der Waals surface area contributed by atoms with Gasteiger partial charge in [-0.1, -0.05) is 0 Å². The molecule has 0 bridgehead atoms. The Morgan fingerprint density at radius 3 is 2.41 bits per heavy atom. The van der Waals surface area contributed by atoms with Gasteiger partial charge in [0, 0.05) is 30.5 Å². The summed E-state index contributed by atoms with van der Waals surface area (Å²) in [4.78, 5) is 18.9. The van der Waals surface area contributed by atoms with E-state index < -0.39 is 12.0 Å². The fourth-order valence-electron chi connectivity index (χ4n) is 1.14. The van der Waals surface area contributed by atoms with Crippen molar-refractivity contribution in [2.24, 2.45) is 0 Å². The van der Waals surface area contributed by atoms with Gasteiger partial charge in [0.2, 0.25) is 5.95 Å². The van der Waals surface area contributed by atoms with Crippen LogP contribution in [0.15, 0.2) is 12.4 Å². The van der Waals surface area contributed by atoms with E-state index in [0.717, 1.165) is 5.56 Å². The molecule has 94 valence electrons. The van der Waals surface area contributed by atoms with Crippen LogP contribution in [0, 0.1) is 0 Å². The Morgan fingerprint density at radius 2 is 1.94 bits per heavy atom. The minimum Gasteiger partial charge on any atom is -0.480 e. The van der Waals surface area contributed by atoms with Gasteiger partial charge in [0.15, 0.2) is 0 Å². The normalized spacial score (nSPS) is 12.5. The average molecular weight is 238 g/mol. The Labute approximate surface area is 100 Å². The first-order valence-corrected chi connectivity index (χ1v) is 5.52. The second kappa shape index (κ2) is 6.15. The molecular weight excluding hydrogens is 220 g/mol. The number of carboxylic acid groups (broad SMARTS) is 1. The van der Waals surface area contributed by atoms with Crippen molar-refractivity contribution in [3.05, 3.63) is 18.0 Å². The van der Waals surface area contributed by atoms with Gasteiger partial charge < -0.3 is 15.7 Å². The average Bonchev–Trinajstić information content (AvgIpc) is 2.26. The highest BCUT2D eigenvalue weighted by molar-refractivity contribution is 5.72. The van der Waals surface area contributed by atoms with E-state index in [1.165, 1.54) is 0 Å². The summed E-state index contributed by atoms with van der Waals surface area (Å²) in [7, 11) is 0. The van der Waals surface area contributed by atoms with Crippen LogP contribution in [0.4, 0.5) is 5.95 Å². The van der Waals surface area contributed by atoms with E-state index >= 15 is 0 Å². The SMILES string of the molecule is CC(C)Nc1ncc(CNC(C)C(=O)O)cn1. The van der Waals surface area contributed by atoms with Gasteiger partial charge in [-0.3, -0.25) is 4.79 Å². The lowest BCUT2D eigenvalue weighted by molar-refractivity contribution is -0.139. The van der Waals surface area contributed by atoms with Crippen LogP contribution in [0.2, 0.25) is 0 Å². The third-order valence-electron chi connectivity index (χ3n) is 2.11. The second-order valence-corrected chi connectivity index (χ2v) is 4.15. The Bertz CT molecular complexity index is 364. The highest BCUT2D eigenvalue weighted by Crippen LogP contribution is 2.02. The van der Waals surface area contributed by atoms with Gasteiger partial charge in [0.25, 0.3) is 0 Å². The van der Waals surface area contributed by atoms with E-state index in [4.69, 9.17) is 5.11 Å². The lowest BCUT2D eigenvalue weighted by Gasteiger charge is -2.10. The number of aromatic nitrogens is 2. The predicted molar refractivity (Wildman–Crippen MR) is 64.7 cm³/mol. The molecule has 1 aromatic heterocycles. The number of carboxylic acids is 1. The molecule has 0 aliphatic rings. The maximum Gasteiger partial charge on any atom is 0.320 e. The highest BCUT2D eigenvalue weighted by atomic mass is 16.4. The van der Waals surface area contributed by atoms with Crippen molar-refractivity contribution >= 4 is 11.9 Å². The molecule has 0 saturated heterocycles. The summed E-state index contributed by atoms with van der Waals surface area (Å²) in [6, 6.07) is -0.297. The number of nitrogens with one attached hydrogen (secondary N) is 2. The van der Waals surface area contributed by atoms with Crippen molar-refractivity contribution < 1.29 is 9.90 Å². The van der Waals surface area contributed by atoms with Crippen LogP contribution in [0.3, 0.4) is 0 Å². The number of aliphatic carboxylic acids is 1. The van der Waals surface area contributed by atoms with Gasteiger partial charge >= 0.3 is 5.97 Å². The molecule has 0 aromatic carbocycles. The number of carbonyl (C=O) groups is 1. The molecule has 0 aliphatic heterocycles. The number of hydrogen-bond donors (Lipinski definition) is 3. The molecule has 17 heavy (non-hydrogen) atoms. The van der Waals surface area contributed by atoms with Gasteiger partial charge in [-0.15, -0.1) is 0 Å². The molecule has 0 amide bonds. The topological polar surface area (TPSA) is 87.1 Å². The zero-order valence-electron chi connectivity index (χ0n) is 10.3. The van der Waals surface area contributed by atoms with Crippen LogP contribution in [-0.4, -0.2) is 33.1 Å². The quantitative estimate of drug-likeness (QED) is 0.681. The molecule has 1 unspecified atom stereocenters. The Hall–Kier alpha value is -1.69. The van der Waals surface area contributed by atoms with Crippen LogP contribution in [0.5, 0.6) is 0 Å². The molecule has 0 spiro atoms. The van der Waals surface area contributed by atoms with Crippen LogP contribution in [0.25, 0.3) is 0 Å². The van der Waals surface area contributed by atoms with E-state index in [-0.39, 0.29) is 6.04 Å². The highest BCUT2D eigenvalue weighted by Gasteiger charge is 2.09. The minimum atomic E-state index is -0.871. The maximum atomic E-state index is 10.6. The number of nitrogens with zero attached hydrogens (tertiary/aromatic N) is 2. The van der Waals surface area contributed by atoms with Crippen LogP contribution >= 0.6 is 0 Å². The molecule has 1 atom stereocenters. The molecule has 6 nitrogen and oxygen atoms in total. The Morgan fingerprint density at radius 1 is 1.35 bits per heavy atom. The van der Waals surface area contributed by atoms with Crippen molar-refractivity contribution in [2.75, 3.05) is 5.32 Å². The van der Waals surface area contributed by atoms with E-state index in [0.29, 0.717) is 12.5 Å². The zero-order chi connectivity index (χ0) is 12.8. The molecule has 1 aromatic rings. The molecule has 1 heterocycles. The minimum absolute atomic E-state index is 0.283. The fraction of sp³-hybridized carbons (Fsp3) is 0.545. The molecular formula is C11H18N4O2. The van der Waals surface area contributed by atoms with Gasteiger partial charge in [-0.25, -0.2) is 9.97 Å². The molecule has 0 saturated carbocycles. The number of anilines is 1. The van der Waals surface area contributed by atoms with Crippen LogP contribution in [-0.2, 0) is 11.3 Å². The first kappa shape index (κ1) is 13.4. The second-order valence-electron chi connectivity index (χ2n) is 4.15. The number of hydrogen-bond acceptors (Lipinski definition) is 5. The summed E-state index contributed by atoms with van der Waals surface area (Å²) < 4.78 is 0. The first-order chi connectivity index (χ1) is 7.99. The summed E-state index contributed by atoms with van der Waals surface area (Å²) >= 11 is 0.